The molecule has 2 saturated carbocycles. The predicted molar refractivity (Wildman–Crippen MR) is 161 cm³/mol. The fourth-order valence-electron chi connectivity index (χ4n) is 8.15. The molecule has 2 fully saturated rings. The van der Waals surface area contributed by atoms with Gasteiger partial charge in [0, 0.05) is 45.1 Å². The van der Waals surface area contributed by atoms with Crippen molar-refractivity contribution >= 4 is 0 Å². The zero-order valence-electron chi connectivity index (χ0n) is 26.8. The predicted octanol–water partition coefficient (Wildman–Crippen LogP) is 1.66. The Kier molecular flexibility index (Phi) is 15.6. The number of aryl methyl sites for hydroxylation is 3. The first-order chi connectivity index (χ1) is 22.5. The molecule has 253 valence electrons. The smallest absolute Gasteiger partial charge is 0 e. The first-order valence-corrected chi connectivity index (χ1v) is 15.2. The van der Waals surface area contributed by atoms with Gasteiger partial charge in [-0.05, 0) is 98.1 Å². The monoisotopic (exact) mass is 845 g/mol. The Bertz CT molecular complexity index is 1650. The van der Waals surface area contributed by atoms with Crippen molar-refractivity contribution < 1.29 is 56.6 Å². The number of methoxy groups -OCH3 is 1. The van der Waals surface area contributed by atoms with Crippen LogP contribution in [0, 0.1) is 37.2 Å². The molecule has 3 aliphatic carbocycles. The number of rotatable bonds is 7. The van der Waals surface area contributed by atoms with E-state index in [-0.39, 0.29) is 38.2 Å². The van der Waals surface area contributed by atoms with Gasteiger partial charge in [-0.3, -0.25) is 14.3 Å². The Morgan fingerprint density at radius 3 is 2.31 bits per heavy atom. The molecule has 14 heteroatoms. The van der Waals surface area contributed by atoms with E-state index in [1.807, 2.05) is 40.0 Å². The molecule has 0 aliphatic heterocycles. The number of ether oxygens (including phenoxy) is 1. The molecule has 3 aromatic heterocycles. The van der Waals surface area contributed by atoms with E-state index in [2.05, 4.69) is 70.7 Å². The third-order valence-corrected chi connectivity index (χ3v) is 10.3. The molecule has 1 N–H and O–H groups in total. The van der Waals surface area contributed by atoms with E-state index in [9.17, 15) is 5.11 Å². The maximum Gasteiger partial charge on any atom is 0 e. The minimum Gasteiger partial charge on any atom is -1.00 e. The first kappa shape index (κ1) is 40.8. The van der Waals surface area contributed by atoms with Crippen molar-refractivity contribution in [2.24, 2.45) is 17.3 Å². The van der Waals surface area contributed by atoms with Gasteiger partial charge in [-0.15, -0.1) is 10.2 Å². The van der Waals surface area contributed by atoms with Crippen molar-refractivity contribution in [3.63, 3.8) is 0 Å². The van der Waals surface area contributed by atoms with Crippen LogP contribution in [0.5, 0.6) is 5.75 Å². The second kappa shape index (κ2) is 18.4. The summed E-state index contributed by atoms with van der Waals surface area (Å²) in [4.78, 5) is 4.34. The van der Waals surface area contributed by atoms with Gasteiger partial charge >= 0.3 is 33.9 Å². The van der Waals surface area contributed by atoms with Crippen molar-refractivity contribution in [2.45, 2.75) is 76.5 Å². The molecule has 0 amide bonds. The minimum atomic E-state index is -0.940. The van der Waals surface area contributed by atoms with Crippen LogP contribution in [-0.2, 0) is 59.5 Å². The van der Waals surface area contributed by atoms with Crippen LogP contribution in [0.25, 0.3) is 11.4 Å². The molecule has 3 unspecified atom stereocenters. The second-order valence-corrected chi connectivity index (χ2v) is 12.1. The average Bonchev–Trinajstić information content (AvgIpc) is 3.86. The molecular weight excluding hydrogens is 808 g/mol. The van der Waals surface area contributed by atoms with Crippen molar-refractivity contribution in [1.82, 2.24) is 35.0 Å². The summed E-state index contributed by atoms with van der Waals surface area (Å²) in [6.45, 7) is 17.2. The number of benzene rings is 1. The number of halogens is 1. The van der Waals surface area contributed by atoms with Crippen LogP contribution in [0.4, 0.5) is 0 Å². The van der Waals surface area contributed by atoms with E-state index in [0.717, 1.165) is 67.9 Å². The molecule has 4 aromatic rings. The number of nitrogens with zero attached hydrogens (tertiary/aromatic N) is 7. The van der Waals surface area contributed by atoms with Gasteiger partial charge in [0.05, 0.1) is 25.2 Å². The summed E-state index contributed by atoms with van der Waals surface area (Å²) >= 11 is 0. The van der Waals surface area contributed by atoms with Crippen LogP contribution in [0.3, 0.4) is 0 Å². The summed E-state index contributed by atoms with van der Waals surface area (Å²) in [5, 5.41) is 29.7. The van der Waals surface area contributed by atoms with Gasteiger partial charge in [0.25, 0.3) is 0 Å². The van der Waals surface area contributed by atoms with Crippen molar-refractivity contribution in [3.8, 4) is 17.1 Å². The number of hydrogen-bond donors (Lipinski definition) is 1. The fraction of sp³-hybridized carbons (Fsp3) is 0.471. The van der Waals surface area contributed by atoms with Gasteiger partial charge in [0.1, 0.15) is 22.7 Å². The first-order valence-electron chi connectivity index (χ1n) is 15.2. The Hall–Kier alpha value is -3.42. The number of pyridine rings is 1. The summed E-state index contributed by atoms with van der Waals surface area (Å²) in [7, 11) is 1.74. The van der Waals surface area contributed by atoms with E-state index < -0.39 is 5.60 Å². The molecule has 0 saturated heterocycles. The molecule has 5 atom stereocenters. The molecule has 0 bridgehead atoms. The van der Waals surface area contributed by atoms with Gasteiger partial charge in [-0.25, -0.2) is 0 Å². The van der Waals surface area contributed by atoms with Crippen LogP contribution in [0.1, 0.15) is 68.2 Å². The number of fused-ring (bicyclic) bond motifs is 5. The van der Waals surface area contributed by atoms with Gasteiger partial charge in [-0.2, -0.15) is 0 Å². The van der Waals surface area contributed by atoms with Gasteiger partial charge in [-0.1, -0.05) is 29.5 Å². The quantitative estimate of drug-likeness (QED) is 0.219. The number of aliphatic hydroxyl groups is 1. The van der Waals surface area contributed by atoms with Gasteiger partial charge in [0.2, 0.25) is 0 Å². The van der Waals surface area contributed by atoms with E-state index in [1.165, 1.54) is 17.5 Å². The standard InChI is InChI=1S/C31H37N7O2.3CO.ClH.Re/c1-30-13-11-24-23-10-8-22(40-2)18-21(23)7-9-25(24)26(30)12-14-31(30,39)29-20-38(36-34-29)17-5-16-37-19-28(33-35-37)27-6-3-4-15-32-27;3*1-2;;/h3-4,6,8,10,15,18-20,24-26,39H,5,7,9,11-14,16-17H2,1-2H3;;;;1H;/p-1/t24?,25?,26?,30-,31+;;;;;/m0...../s1. The zero-order chi connectivity index (χ0) is 33.3. The Morgan fingerprint density at radius 1 is 0.917 bits per heavy atom. The van der Waals surface area contributed by atoms with Gasteiger partial charge < -0.3 is 22.3 Å². The van der Waals surface area contributed by atoms with Crippen molar-refractivity contribution in [1.29, 1.82) is 0 Å². The van der Waals surface area contributed by atoms with Crippen LogP contribution < -0.4 is 17.1 Å². The summed E-state index contributed by atoms with van der Waals surface area (Å²) in [6.07, 6.45) is 12.6. The molecule has 3 heterocycles. The van der Waals surface area contributed by atoms with E-state index >= 15 is 0 Å². The molecule has 1 aromatic carbocycles. The van der Waals surface area contributed by atoms with Crippen LogP contribution in [-0.4, -0.2) is 47.2 Å². The van der Waals surface area contributed by atoms with Crippen LogP contribution >= 0.6 is 0 Å². The zero-order valence-corrected chi connectivity index (χ0v) is 30.2. The molecule has 1 radical (unpaired) electrons. The number of aromatic nitrogens is 7. The molecule has 48 heavy (non-hydrogen) atoms. The van der Waals surface area contributed by atoms with Crippen LogP contribution in [0.15, 0.2) is 55.0 Å². The molecule has 12 nitrogen and oxygen atoms in total. The second-order valence-electron chi connectivity index (χ2n) is 12.1. The Morgan fingerprint density at radius 2 is 1.62 bits per heavy atom. The molecule has 0 spiro atoms. The minimum absolute atomic E-state index is 0. The van der Waals surface area contributed by atoms with Crippen molar-refractivity contribution in [2.75, 3.05) is 7.11 Å². The third kappa shape index (κ3) is 7.73. The summed E-state index contributed by atoms with van der Waals surface area (Å²) in [5.41, 5.74) is 4.13. The third-order valence-electron chi connectivity index (χ3n) is 10.3. The maximum absolute atomic E-state index is 12.2. The van der Waals surface area contributed by atoms with Gasteiger partial charge in [0.15, 0.2) is 0 Å². The summed E-state index contributed by atoms with van der Waals surface area (Å²) in [6, 6.07) is 12.4. The molecule has 3 aliphatic rings. The van der Waals surface area contributed by atoms with Crippen LogP contribution in [0.2, 0.25) is 0 Å². The Labute approximate surface area is 300 Å². The topological polar surface area (TPSA) is 163 Å². The molecular formula is C34H37ClN7O5Re-. The Balaban J connectivity index is 0.000000950. The average molecular weight is 845 g/mol. The van der Waals surface area contributed by atoms with E-state index in [0.29, 0.717) is 24.3 Å². The number of hydrogen-bond acceptors (Lipinski definition) is 7. The maximum atomic E-state index is 12.2. The summed E-state index contributed by atoms with van der Waals surface area (Å²) in [5.74, 6) is 2.60. The summed E-state index contributed by atoms with van der Waals surface area (Å²) < 4.78 is 31.7. The van der Waals surface area contributed by atoms with E-state index in [4.69, 9.17) is 18.7 Å². The van der Waals surface area contributed by atoms with Crippen molar-refractivity contribution in [3.05, 3.63) is 91.8 Å². The largest absolute Gasteiger partial charge is 1.00 e. The fourth-order valence-corrected chi connectivity index (χ4v) is 8.15. The normalized spacial score (nSPS) is 24.3. The van der Waals surface area contributed by atoms with E-state index in [1.54, 1.807) is 13.3 Å². The molecule has 7 rings (SSSR count). The SMILES string of the molecule is COc1ccc2c(c1)CCC1C2CC[C@@]2(C)C1CC[C@@]2(O)c1cn(CCCn2cc(-c3ccccn3)nn2)nn1.[C-]#[O+].[C-]#[O+].[C-]#[O+].[Cl-].[Re].